The summed E-state index contributed by atoms with van der Waals surface area (Å²) in [6, 6.07) is 21.5. The lowest BCUT2D eigenvalue weighted by atomic mass is 10.2. The molecule has 0 saturated carbocycles. The first-order chi connectivity index (χ1) is 16.7. The highest BCUT2D eigenvalue weighted by Crippen LogP contribution is 2.24. The van der Waals surface area contributed by atoms with Crippen LogP contribution in [0.25, 0.3) is 23.2 Å². The number of hydrogen-bond acceptors (Lipinski definition) is 4. The Bertz CT molecular complexity index is 1260. The van der Waals surface area contributed by atoms with Gasteiger partial charge in [0.25, 0.3) is 5.91 Å². The molecule has 1 amide bonds. The summed E-state index contributed by atoms with van der Waals surface area (Å²) in [5.74, 6) is 0.131. The van der Waals surface area contributed by atoms with E-state index >= 15 is 0 Å². The number of aromatic nitrogens is 2. The summed E-state index contributed by atoms with van der Waals surface area (Å²) in [5.41, 5.74) is 2.78. The molecule has 0 unspecified atom stereocenters. The average Bonchev–Trinajstić information content (AvgIpc) is 3.56. The molecule has 0 atom stereocenters. The molecule has 0 N–H and O–H groups in total. The van der Waals surface area contributed by atoms with Crippen LogP contribution in [0.4, 0.5) is 4.39 Å². The number of carbonyl (C=O) groups excluding carboxylic acids is 1. The second-order valence-corrected chi connectivity index (χ2v) is 8.19. The van der Waals surface area contributed by atoms with Crippen molar-refractivity contribution in [1.82, 2.24) is 19.6 Å². The predicted molar refractivity (Wildman–Crippen MR) is 129 cm³/mol. The van der Waals surface area contributed by atoms with E-state index in [0.717, 1.165) is 19.6 Å². The van der Waals surface area contributed by atoms with Gasteiger partial charge in [0, 0.05) is 38.8 Å². The van der Waals surface area contributed by atoms with Crippen molar-refractivity contribution in [2.24, 2.45) is 0 Å². The van der Waals surface area contributed by atoms with E-state index in [1.807, 2.05) is 23.1 Å². The Morgan fingerprint density at radius 2 is 1.74 bits per heavy atom. The SMILES string of the molecule is O=C(c1cc(-c2ccco2)nn1-c1ccc(F)cc1)N1CCN(CC=Cc2ccccc2)CC1. The summed E-state index contributed by atoms with van der Waals surface area (Å²) in [7, 11) is 0. The van der Waals surface area contributed by atoms with Gasteiger partial charge in [0.1, 0.15) is 17.2 Å². The molecule has 1 fully saturated rings. The molecule has 3 heterocycles. The van der Waals surface area contributed by atoms with Crippen molar-refractivity contribution >= 4 is 12.0 Å². The molecule has 0 spiro atoms. The van der Waals surface area contributed by atoms with E-state index in [0.29, 0.717) is 35.9 Å². The van der Waals surface area contributed by atoms with Crippen LogP contribution >= 0.6 is 0 Å². The van der Waals surface area contributed by atoms with Gasteiger partial charge in [0.2, 0.25) is 0 Å². The van der Waals surface area contributed by atoms with E-state index in [2.05, 4.69) is 34.3 Å². The van der Waals surface area contributed by atoms with Gasteiger partial charge in [-0.25, -0.2) is 9.07 Å². The molecular formula is C27H25FN4O2. The highest BCUT2D eigenvalue weighted by atomic mass is 19.1. The lowest BCUT2D eigenvalue weighted by Crippen LogP contribution is -2.49. The molecule has 1 saturated heterocycles. The third kappa shape index (κ3) is 4.84. The Kier molecular flexibility index (Phi) is 6.35. The van der Waals surface area contributed by atoms with E-state index in [9.17, 15) is 9.18 Å². The van der Waals surface area contributed by atoms with Gasteiger partial charge in [-0.3, -0.25) is 9.69 Å². The molecule has 1 aliphatic rings. The number of nitrogens with zero attached hydrogens (tertiary/aromatic N) is 4. The van der Waals surface area contributed by atoms with E-state index in [-0.39, 0.29) is 11.7 Å². The first kappa shape index (κ1) is 21.9. The first-order valence-corrected chi connectivity index (χ1v) is 11.3. The van der Waals surface area contributed by atoms with Crippen LogP contribution in [0.5, 0.6) is 0 Å². The van der Waals surface area contributed by atoms with Crippen molar-refractivity contribution in [3.05, 3.63) is 102 Å². The smallest absolute Gasteiger partial charge is 0.272 e. The summed E-state index contributed by atoms with van der Waals surface area (Å²) >= 11 is 0. The maximum Gasteiger partial charge on any atom is 0.272 e. The fourth-order valence-corrected chi connectivity index (χ4v) is 4.05. The minimum Gasteiger partial charge on any atom is -0.463 e. The second-order valence-electron chi connectivity index (χ2n) is 8.19. The number of amides is 1. The van der Waals surface area contributed by atoms with Crippen molar-refractivity contribution < 1.29 is 13.6 Å². The van der Waals surface area contributed by atoms with Gasteiger partial charge in [-0.05, 0) is 42.0 Å². The Hall–Kier alpha value is -3.97. The lowest BCUT2D eigenvalue weighted by molar-refractivity contribution is 0.0641. The number of halogens is 1. The minimum atomic E-state index is -0.340. The summed E-state index contributed by atoms with van der Waals surface area (Å²) in [4.78, 5) is 17.7. The number of benzene rings is 2. The van der Waals surface area contributed by atoms with Gasteiger partial charge < -0.3 is 9.32 Å². The van der Waals surface area contributed by atoms with Crippen molar-refractivity contribution in [3.63, 3.8) is 0 Å². The molecule has 1 aliphatic heterocycles. The third-order valence-electron chi connectivity index (χ3n) is 5.91. The number of hydrogen-bond donors (Lipinski definition) is 0. The Labute approximate surface area is 197 Å². The summed E-state index contributed by atoms with van der Waals surface area (Å²) in [5, 5.41) is 4.59. The third-order valence-corrected chi connectivity index (χ3v) is 5.91. The number of furan rings is 1. The fourth-order valence-electron chi connectivity index (χ4n) is 4.05. The monoisotopic (exact) mass is 456 g/mol. The van der Waals surface area contributed by atoms with Crippen LogP contribution < -0.4 is 0 Å². The molecule has 2 aromatic heterocycles. The zero-order valence-corrected chi connectivity index (χ0v) is 18.7. The number of carbonyl (C=O) groups is 1. The Morgan fingerprint density at radius 3 is 2.44 bits per heavy atom. The Balaban J connectivity index is 1.29. The van der Waals surface area contributed by atoms with E-state index in [4.69, 9.17) is 4.42 Å². The molecule has 4 aromatic rings. The molecule has 34 heavy (non-hydrogen) atoms. The molecule has 0 aliphatic carbocycles. The van der Waals surface area contributed by atoms with Crippen LogP contribution in [-0.2, 0) is 0 Å². The zero-order valence-electron chi connectivity index (χ0n) is 18.7. The van der Waals surface area contributed by atoms with Gasteiger partial charge >= 0.3 is 0 Å². The quantitative estimate of drug-likeness (QED) is 0.421. The maximum atomic E-state index is 13.5. The van der Waals surface area contributed by atoms with E-state index < -0.39 is 0 Å². The van der Waals surface area contributed by atoms with Crippen LogP contribution in [0.2, 0.25) is 0 Å². The van der Waals surface area contributed by atoms with Gasteiger partial charge in [-0.15, -0.1) is 0 Å². The van der Waals surface area contributed by atoms with Crippen LogP contribution in [0.3, 0.4) is 0 Å². The normalized spacial score (nSPS) is 14.7. The van der Waals surface area contributed by atoms with Crippen LogP contribution in [0.15, 0.2) is 89.6 Å². The number of piperazine rings is 1. The Morgan fingerprint density at radius 1 is 0.971 bits per heavy atom. The van der Waals surface area contributed by atoms with Gasteiger partial charge in [-0.2, -0.15) is 5.10 Å². The van der Waals surface area contributed by atoms with E-state index in [1.54, 1.807) is 41.3 Å². The molecule has 5 rings (SSSR count). The first-order valence-electron chi connectivity index (χ1n) is 11.3. The van der Waals surface area contributed by atoms with Crippen LogP contribution in [-0.4, -0.2) is 58.2 Å². The number of rotatable bonds is 6. The molecule has 2 aromatic carbocycles. The maximum absolute atomic E-state index is 13.5. The fraction of sp³-hybridized carbons (Fsp3) is 0.185. The topological polar surface area (TPSA) is 54.5 Å². The second kappa shape index (κ2) is 9.89. The average molecular weight is 457 g/mol. The predicted octanol–water partition coefficient (Wildman–Crippen LogP) is 4.74. The van der Waals surface area contributed by atoms with Crippen molar-refractivity contribution in [2.45, 2.75) is 0 Å². The standard InChI is InChI=1S/C27H25FN4O2/c28-22-10-12-23(13-11-22)32-25(20-24(29-32)26-9-5-19-34-26)27(33)31-17-15-30(16-18-31)14-4-8-21-6-2-1-3-7-21/h1-13,19-20H,14-18H2. The molecule has 0 bridgehead atoms. The molecular weight excluding hydrogens is 431 g/mol. The highest BCUT2D eigenvalue weighted by Gasteiger charge is 2.26. The highest BCUT2D eigenvalue weighted by molar-refractivity contribution is 5.94. The summed E-state index contributed by atoms with van der Waals surface area (Å²) in [6.45, 7) is 3.68. The van der Waals surface area contributed by atoms with Crippen molar-refractivity contribution in [1.29, 1.82) is 0 Å². The lowest BCUT2D eigenvalue weighted by Gasteiger charge is -2.34. The van der Waals surface area contributed by atoms with Crippen LogP contribution in [0.1, 0.15) is 16.1 Å². The van der Waals surface area contributed by atoms with Gasteiger partial charge in [0.05, 0.1) is 12.0 Å². The van der Waals surface area contributed by atoms with Crippen molar-refractivity contribution in [3.8, 4) is 17.1 Å². The summed E-state index contributed by atoms with van der Waals surface area (Å²) < 4.78 is 20.5. The molecule has 6 nitrogen and oxygen atoms in total. The molecule has 0 radical (unpaired) electrons. The zero-order chi connectivity index (χ0) is 23.3. The largest absolute Gasteiger partial charge is 0.463 e. The molecule has 7 heteroatoms. The minimum absolute atomic E-state index is 0.103. The summed E-state index contributed by atoms with van der Waals surface area (Å²) in [6.07, 6.45) is 5.85. The van der Waals surface area contributed by atoms with Crippen LogP contribution in [0, 0.1) is 5.82 Å². The van der Waals surface area contributed by atoms with Gasteiger partial charge in [-0.1, -0.05) is 42.5 Å². The van der Waals surface area contributed by atoms with E-state index in [1.165, 1.54) is 17.7 Å². The molecule has 172 valence electrons. The van der Waals surface area contributed by atoms with Gasteiger partial charge in [0.15, 0.2) is 5.76 Å². The van der Waals surface area contributed by atoms with Crippen molar-refractivity contribution in [2.75, 3.05) is 32.7 Å².